The first-order chi connectivity index (χ1) is 7.13. The van der Waals surface area contributed by atoms with Gasteiger partial charge < -0.3 is 0 Å². The molecule has 2 heteroatoms. The van der Waals surface area contributed by atoms with Crippen molar-refractivity contribution < 1.29 is 4.79 Å². The van der Waals surface area contributed by atoms with Gasteiger partial charge in [-0.1, -0.05) is 6.92 Å². The summed E-state index contributed by atoms with van der Waals surface area (Å²) in [6, 6.07) is 0. The standard InChI is InChI=1S/C13H19NO/c1-12-3-10-2-11(4-12)6-13(5-10,7-12)8-14-9-15/h10-11H,2-8H2,1H3. The molecule has 0 spiro atoms. The van der Waals surface area contributed by atoms with Crippen LogP contribution in [-0.2, 0) is 4.79 Å². The van der Waals surface area contributed by atoms with E-state index in [1.54, 1.807) is 6.08 Å². The monoisotopic (exact) mass is 205 g/mol. The number of isocyanates is 1. The Morgan fingerprint density at radius 1 is 1.27 bits per heavy atom. The topological polar surface area (TPSA) is 29.4 Å². The fourth-order valence-electron chi connectivity index (χ4n) is 5.31. The molecule has 4 aliphatic rings. The molecule has 2 atom stereocenters. The Morgan fingerprint density at radius 3 is 2.47 bits per heavy atom. The Kier molecular flexibility index (Phi) is 1.88. The average Bonchev–Trinajstić information content (AvgIpc) is 2.10. The molecule has 0 aromatic carbocycles. The molecule has 4 saturated carbocycles. The van der Waals surface area contributed by atoms with Gasteiger partial charge in [0.1, 0.15) is 0 Å². The van der Waals surface area contributed by atoms with Crippen molar-refractivity contribution in [3.63, 3.8) is 0 Å². The van der Waals surface area contributed by atoms with Crippen LogP contribution in [0.15, 0.2) is 4.99 Å². The second-order valence-electron chi connectivity index (χ2n) is 6.68. The molecular formula is C13H19NO. The zero-order valence-electron chi connectivity index (χ0n) is 9.46. The fraction of sp³-hybridized carbons (Fsp3) is 0.923. The molecule has 0 amide bonds. The first-order valence-electron chi connectivity index (χ1n) is 6.17. The van der Waals surface area contributed by atoms with Crippen molar-refractivity contribution >= 4 is 6.08 Å². The minimum atomic E-state index is 0.385. The Hall–Kier alpha value is -0.620. The molecule has 0 aromatic rings. The summed E-state index contributed by atoms with van der Waals surface area (Å²) in [5.74, 6) is 1.86. The van der Waals surface area contributed by atoms with Gasteiger partial charge in [-0.3, -0.25) is 0 Å². The number of hydrogen-bond acceptors (Lipinski definition) is 2. The van der Waals surface area contributed by atoms with E-state index in [0.29, 0.717) is 10.8 Å². The van der Waals surface area contributed by atoms with Crippen LogP contribution >= 0.6 is 0 Å². The van der Waals surface area contributed by atoms with Crippen molar-refractivity contribution in [3.05, 3.63) is 0 Å². The smallest absolute Gasteiger partial charge is 0.211 e. The molecule has 0 heterocycles. The molecule has 4 rings (SSSR count). The molecule has 2 unspecified atom stereocenters. The Bertz CT molecular complexity index is 315. The van der Waals surface area contributed by atoms with E-state index in [4.69, 9.17) is 0 Å². The van der Waals surface area contributed by atoms with Gasteiger partial charge in [0, 0.05) is 0 Å². The van der Waals surface area contributed by atoms with Crippen LogP contribution in [0.1, 0.15) is 45.4 Å². The molecule has 0 radical (unpaired) electrons. The lowest BCUT2D eigenvalue weighted by Gasteiger charge is -2.61. The number of rotatable bonds is 2. The van der Waals surface area contributed by atoms with E-state index in [2.05, 4.69) is 11.9 Å². The summed E-state index contributed by atoms with van der Waals surface area (Å²) in [5, 5.41) is 0. The van der Waals surface area contributed by atoms with E-state index in [9.17, 15) is 4.79 Å². The normalized spacial score (nSPS) is 51.5. The molecule has 15 heavy (non-hydrogen) atoms. The molecular weight excluding hydrogens is 186 g/mol. The zero-order chi connectivity index (χ0) is 10.5. The molecule has 2 nitrogen and oxygen atoms in total. The van der Waals surface area contributed by atoms with Crippen LogP contribution in [0.2, 0.25) is 0 Å². The lowest BCUT2D eigenvalue weighted by atomic mass is 9.45. The Balaban J connectivity index is 1.89. The fourth-order valence-corrected chi connectivity index (χ4v) is 5.31. The third-order valence-electron chi connectivity index (χ3n) is 4.95. The van der Waals surface area contributed by atoms with Crippen LogP contribution in [0, 0.1) is 22.7 Å². The van der Waals surface area contributed by atoms with Gasteiger partial charge in [-0.2, -0.15) is 0 Å². The van der Waals surface area contributed by atoms with Gasteiger partial charge in [-0.15, -0.1) is 0 Å². The van der Waals surface area contributed by atoms with E-state index < -0.39 is 0 Å². The lowest BCUT2D eigenvalue weighted by Crippen LogP contribution is -2.51. The summed E-state index contributed by atoms with van der Waals surface area (Å²) in [6.45, 7) is 3.20. The van der Waals surface area contributed by atoms with Crippen molar-refractivity contribution in [2.75, 3.05) is 6.54 Å². The van der Waals surface area contributed by atoms with E-state index >= 15 is 0 Å². The zero-order valence-corrected chi connectivity index (χ0v) is 9.46. The molecule has 0 N–H and O–H groups in total. The maximum absolute atomic E-state index is 10.3. The first-order valence-corrected chi connectivity index (χ1v) is 6.17. The maximum atomic E-state index is 10.3. The SMILES string of the molecule is CC12CC3CC(C1)CC(CN=C=O)(C3)C2. The van der Waals surface area contributed by atoms with Crippen LogP contribution in [0.4, 0.5) is 0 Å². The summed E-state index contributed by atoms with van der Waals surface area (Å²) in [5.41, 5.74) is 0.957. The Morgan fingerprint density at radius 2 is 1.93 bits per heavy atom. The van der Waals surface area contributed by atoms with Gasteiger partial charge in [-0.05, 0) is 61.2 Å². The molecule has 0 aliphatic heterocycles. The first kappa shape index (κ1) is 9.59. The molecule has 4 aliphatic carbocycles. The van der Waals surface area contributed by atoms with Gasteiger partial charge in [0.15, 0.2) is 0 Å². The maximum Gasteiger partial charge on any atom is 0.234 e. The van der Waals surface area contributed by atoms with Gasteiger partial charge in [0.25, 0.3) is 0 Å². The van der Waals surface area contributed by atoms with Crippen molar-refractivity contribution in [2.24, 2.45) is 27.7 Å². The van der Waals surface area contributed by atoms with Gasteiger partial charge in [0.2, 0.25) is 6.08 Å². The summed E-state index contributed by atoms with van der Waals surface area (Å²) >= 11 is 0. The van der Waals surface area contributed by atoms with Crippen LogP contribution in [-0.4, -0.2) is 12.6 Å². The quantitative estimate of drug-likeness (QED) is 0.503. The van der Waals surface area contributed by atoms with Crippen molar-refractivity contribution in [1.82, 2.24) is 0 Å². The number of nitrogens with zero attached hydrogens (tertiary/aromatic N) is 1. The van der Waals surface area contributed by atoms with Gasteiger partial charge in [0.05, 0.1) is 6.54 Å². The second-order valence-corrected chi connectivity index (χ2v) is 6.68. The van der Waals surface area contributed by atoms with Crippen LogP contribution in [0.25, 0.3) is 0 Å². The van der Waals surface area contributed by atoms with E-state index in [0.717, 1.165) is 18.4 Å². The van der Waals surface area contributed by atoms with Crippen molar-refractivity contribution in [2.45, 2.75) is 45.4 Å². The minimum Gasteiger partial charge on any atom is -0.211 e. The highest BCUT2D eigenvalue weighted by atomic mass is 16.1. The van der Waals surface area contributed by atoms with Crippen molar-refractivity contribution in [3.8, 4) is 0 Å². The predicted molar refractivity (Wildman–Crippen MR) is 58.2 cm³/mol. The van der Waals surface area contributed by atoms with E-state index in [1.165, 1.54) is 38.5 Å². The van der Waals surface area contributed by atoms with Gasteiger partial charge >= 0.3 is 0 Å². The molecule has 0 saturated heterocycles. The second kappa shape index (κ2) is 2.95. The summed E-state index contributed by atoms with van der Waals surface area (Å²) in [7, 11) is 0. The highest BCUT2D eigenvalue weighted by Gasteiger charge is 2.55. The Labute approximate surface area is 91.2 Å². The molecule has 4 fully saturated rings. The van der Waals surface area contributed by atoms with Crippen LogP contribution in [0.3, 0.4) is 0 Å². The van der Waals surface area contributed by atoms with E-state index in [-0.39, 0.29) is 0 Å². The van der Waals surface area contributed by atoms with Crippen molar-refractivity contribution in [1.29, 1.82) is 0 Å². The average molecular weight is 205 g/mol. The largest absolute Gasteiger partial charge is 0.234 e. The summed E-state index contributed by atoms with van der Waals surface area (Å²) in [6.07, 6.45) is 9.98. The molecule has 82 valence electrons. The highest BCUT2D eigenvalue weighted by molar-refractivity contribution is 5.33. The predicted octanol–water partition coefficient (Wildman–Crippen LogP) is 2.93. The van der Waals surface area contributed by atoms with Crippen LogP contribution < -0.4 is 0 Å². The summed E-state index contributed by atoms with van der Waals surface area (Å²) < 4.78 is 0. The number of hydrogen-bond donors (Lipinski definition) is 0. The third-order valence-corrected chi connectivity index (χ3v) is 4.95. The van der Waals surface area contributed by atoms with E-state index in [1.807, 2.05) is 0 Å². The lowest BCUT2D eigenvalue weighted by molar-refractivity contribution is -0.0961. The van der Waals surface area contributed by atoms with Crippen LogP contribution in [0.5, 0.6) is 0 Å². The summed E-state index contributed by atoms with van der Waals surface area (Å²) in [4.78, 5) is 14.2. The van der Waals surface area contributed by atoms with Gasteiger partial charge in [-0.25, -0.2) is 9.79 Å². The number of carbonyl (C=O) groups excluding carboxylic acids is 1. The third kappa shape index (κ3) is 1.47. The molecule has 4 bridgehead atoms. The molecule has 0 aromatic heterocycles. The minimum absolute atomic E-state index is 0.385. The number of aliphatic imine (C=N–C) groups is 1. The highest BCUT2D eigenvalue weighted by Crippen LogP contribution is 2.65.